The van der Waals surface area contributed by atoms with Crippen LogP contribution in [-0.2, 0) is 31.0 Å². The molecule has 2 heterocycles. The van der Waals surface area contributed by atoms with Crippen LogP contribution in [0.3, 0.4) is 0 Å². The smallest absolute Gasteiger partial charge is 0.358 e. The lowest BCUT2D eigenvalue weighted by Gasteiger charge is -2.42. The van der Waals surface area contributed by atoms with Crippen LogP contribution in [0.5, 0.6) is 0 Å². The summed E-state index contributed by atoms with van der Waals surface area (Å²) >= 11 is 0. The molecule has 2 fully saturated rings. The number of rotatable bonds is 4. The fourth-order valence-corrected chi connectivity index (χ4v) is 7.37. The first-order valence-electron chi connectivity index (χ1n) is 10.3. The van der Waals surface area contributed by atoms with Crippen molar-refractivity contribution in [3.05, 3.63) is 59.7 Å². The second kappa shape index (κ2) is 8.35. The lowest BCUT2D eigenvalue weighted by Crippen LogP contribution is -2.55. The second-order valence-electron chi connectivity index (χ2n) is 8.11. The summed E-state index contributed by atoms with van der Waals surface area (Å²) in [5.74, 6) is 0. The highest BCUT2D eigenvalue weighted by Gasteiger charge is 2.51. The number of nitrogens with zero attached hydrogens (tertiary/aromatic N) is 2. The summed E-state index contributed by atoms with van der Waals surface area (Å²) < 4.78 is 99.2. The number of hydrogen-bond donors (Lipinski definition) is 0. The van der Waals surface area contributed by atoms with Gasteiger partial charge in [-0.25, -0.2) is 16.8 Å². The van der Waals surface area contributed by atoms with Crippen molar-refractivity contribution in [2.75, 3.05) is 26.2 Å². The van der Waals surface area contributed by atoms with Crippen molar-refractivity contribution >= 4 is 20.0 Å². The van der Waals surface area contributed by atoms with E-state index in [2.05, 4.69) is 0 Å². The summed E-state index contributed by atoms with van der Waals surface area (Å²) in [6.45, 7) is 2.10. The van der Waals surface area contributed by atoms with Gasteiger partial charge in [-0.3, -0.25) is 0 Å². The average molecular weight is 505 g/mol. The summed E-state index contributed by atoms with van der Waals surface area (Å²) in [5, 5.41) is 0. The summed E-state index contributed by atoms with van der Waals surface area (Å²) in [7, 11) is -7.89. The number of hydrogen-bond acceptors (Lipinski definition) is 5. The topological polar surface area (TPSA) is 84.0 Å². The predicted octanol–water partition coefficient (Wildman–Crippen LogP) is 3.22. The third-order valence-corrected chi connectivity index (χ3v) is 9.93. The molecule has 12 heteroatoms. The number of sulfonamides is 2. The van der Waals surface area contributed by atoms with Crippen LogP contribution in [0.15, 0.2) is 58.3 Å². The first-order valence-corrected chi connectivity index (χ1v) is 13.2. The Kier molecular flexibility index (Phi) is 6.11. The SMILES string of the molecule is Cc1ccc(S(=O)(=O)N2CCC3(CC2)OCCN3S(=O)(=O)c2ccc(C(F)(F)F)cc2)cc1. The Morgan fingerprint density at radius 2 is 1.33 bits per heavy atom. The van der Waals surface area contributed by atoms with E-state index in [-0.39, 0.29) is 48.9 Å². The van der Waals surface area contributed by atoms with E-state index in [0.29, 0.717) is 0 Å². The Morgan fingerprint density at radius 3 is 1.88 bits per heavy atom. The van der Waals surface area contributed by atoms with Gasteiger partial charge in [0.25, 0.3) is 0 Å². The van der Waals surface area contributed by atoms with Gasteiger partial charge in [0.1, 0.15) is 5.72 Å². The Balaban J connectivity index is 1.54. The number of ether oxygens (including phenoxy) is 1. The standard InChI is InChI=1S/C21H23F3N2O5S2/c1-16-2-6-18(7-3-16)32(27,28)25-12-10-20(11-13-25)26(14-15-31-20)33(29,30)19-8-4-17(5-9-19)21(22,23)24/h2-9H,10-15H2,1H3. The van der Waals surface area contributed by atoms with Crippen LogP contribution < -0.4 is 0 Å². The minimum Gasteiger partial charge on any atom is -0.358 e. The van der Waals surface area contributed by atoms with Crippen LogP contribution in [0.2, 0.25) is 0 Å². The molecule has 0 bridgehead atoms. The van der Waals surface area contributed by atoms with Crippen molar-refractivity contribution < 1.29 is 34.7 Å². The van der Waals surface area contributed by atoms with Gasteiger partial charge < -0.3 is 4.74 Å². The number of aryl methyl sites for hydroxylation is 1. The molecule has 0 unspecified atom stereocenters. The highest BCUT2D eigenvalue weighted by atomic mass is 32.2. The number of halogens is 3. The van der Waals surface area contributed by atoms with Crippen molar-refractivity contribution in [3.63, 3.8) is 0 Å². The normalized spacial score (nSPS) is 20.4. The van der Waals surface area contributed by atoms with Crippen LogP contribution in [0.4, 0.5) is 13.2 Å². The largest absolute Gasteiger partial charge is 0.416 e. The first-order chi connectivity index (χ1) is 15.4. The molecule has 2 aliphatic heterocycles. The summed E-state index contributed by atoms with van der Waals surface area (Å²) in [6, 6.07) is 9.79. The van der Waals surface area contributed by atoms with Crippen molar-refractivity contribution in [2.45, 2.75) is 41.5 Å². The molecule has 2 aliphatic rings. The van der Waals surface area contributed by atoms with Gasteiger partial charge in [0.2, 0.25) is 20.0 Å². The minimum absolute atomic E-state index is 0.0358. The highest BCUT2D eigenvalue weighted by Crippen LogP contribution is 2.40. The van der Waals surface area contributed by atoms with Crippen LogP contribution in [0.25, 0.3) is 0 Å². The fourth-order valence-electron chi connectivity index (χ4n) is 4.21. The zero-order chi connectivity index (χ0) is 24.1. The molecule has 33 heavy (non-hydrogen) atoms. The molecule has 0 N–H and O–H groups in total. The summed E-state index contributed by atoms with van der Waals surface area (Å²) in [6.07, 6.45) is -4.36. The molecule has 0 radical (unpaired) electrons. The number of alkyl halides is 3. The fraction of sp³-hybridized carbons (Fsp3) is 0.429. The molecular weight excluding hydrogens is 481 g/mol. The Labute approximate surface area is 190 Å². The molecule has 0 aliphatic carbocycles. The maximum Gasteiger partial charge on any atom is 0.416 e. The molecule has 0 aromatic heterocycles. The van der Waals surface area contributed by atoms with E-state index in [1.54, 1.807) is 12.1 Å². The molecule has 0 saturated carbocycles. The van der Waals surface area contributed by atoms with Gasteiger partial charge in [-0.1, -0.05) is 17.7 Å². The van der Waals surface area contributed by atoms with E-state index in [0.717, 1.165) is 34.1 Å². The molecule has 180 valence electrons. The van der Waals surface area contributed by atoms with E-state index in [1.807, 2.05) is 6.92 Å². The van der Waals surface area contributed by atoms with Gasteiger partial charge in [-0.15, -0.1) is 0 Å². The van der Waals surface area contributed by atoms with Gasteiger partial charge in [-0.2, -0.15) is 21.8 Å². The Morgan fingerprint density at radius 1 is 0.818 bits per heavy atom. The summed E-state index contributed by atoms with van der Waals surface area (Å²) in [5.41, 5.74) is -1.25. The third kappa shape index (κ3) is 4.42. The predicted molar refractivity (Wildman–Crippen MR) is 113 cm³/mol. The van der Waals surface area contributed by atoms with Gasteiger partial charge >= 0.3 is 6.18 Å². The van der Waals surface area contributed by atoms with Crippen molar-refractivity contribution in [2.24, 2.45) is 0 Å². The lowest BCUT2D eigenvalue weighted by atomic mass is 10.0. The Hall–Kier alpha value is -1.99. The molecule has 0 amide bonds. The molecule has 7 nitrogen and oxygen atoms in total. The molecule has 1 spiro atoms. The minimum atomic E-state index is -4.57. The van der Waals surface area contributed by atoms with E-state index in [1.165, 1.54) is 16.4 Å². The monoisotopic (exact) mass is 504 g/mol. The highest BCUT2D eigenvalue weighted by molar-refractivity contribution is 7.89. The molecule has 2 aromatic carbocycles. The lowest BCUT2D eigenvalue weighted by molar-refractivity contribution is -0.137. The molecule has 2 aromatic rings. The molecule has 4 rings (SSSR count). The average Bonchev–Trinajstić information content (AvgIpc) is 3.17. The quantitative estimate of drug-likeness (QED) is 0.639. The summed E-state index contributed by atoms with van der Waals surface area (Å²) in [4.78, 5) is -0.110. The van der Waals surface area contributed by atoms with Gasteiger partial charge in [0.05, 0.1) is 22.0 Å². The Bertz CT molecular complexity index is 1220. The van der Waals surface area contributed by atoms with Crippen molar-refractivity contribution in [1.82, 2.24) is 8.61 Å². The van der Waals surface area contributed by atoms with Gasteiger partial charge in [0, 0.05) is 32.5 Å². The van der Waals surface area contributed by atoms with Gasteiger partial charge in [0.15, 0.2) is 0 Å². The molecular formula is C21H23F3N2O5S2. The first kappa shape index (κ1) is 24.1. The van der Waals surface area contributed by atoms with Crippen LogP contribution >= 0.6 is 0 Å². The van der Waals surface area contributed by atoms with E-state index in [9.17, 15) is 30.0 Å². The van der Waals surface area contributed by atoms with Crippen LogP contribution in [0.1, 0.15) is 24.0 Å². The number of benzene rings is 2. The molecule has 0 atom stereocenters. The van der Waals surface area contributed by atoms with Crippen molar-refractivity contribution in [1.29, 1.82) is 0 Å². The maximum atomic E-state index is 13.2. The van der Waals surface area contributed by atoms with Crippen LogP contribution in [-0.4, -0.2) is 57.4 Å². The van der Waals surface area contributed by atoms with E-state index >= 15 is 0 Å². The third-order valence-electron chi connectivity index (χ3n) is 6.05. The van der Waals surface area contributed by atoms with E-state index in [4.69, 9.17) is 4.74 Å². The molecule has 2 saturated heterocycles. The zero-order valence-electron chi connectivity index (χ0n) is 17.7. The maximum absolute atomic E-state index is 13.2. The van der Waals surface area contributed by atoms with Gasteiger partial charge in [-0.05, 0) is 43.3 Å². The van der Waals surface area contributed by atoms with Crippen molar-refractivity contribution in [3.8, 4) is 0 Å². The van der Waals surface area contributed by atoms with E-state index < -0.39 is 37.5 Å². The second-order valence-corrected chi connectivity index (χ2v) is 11.9. The van der Waals surface area contributed by atoms with Crippen LogP contribution in [0, 0.1) is 6.92 Å². The zero-order valence-corrected chi connectivity index (χ0v) is 19.4. The number of piperidine rings is 1.